The van der Waals surface area contributed by atoms with Gasteiger partial charge in [0.1, 0.15) is 5.82 Å². The zero-order valence-corrected chi connectivity index (χ0v) is 17.8. The van der Waals surface area contributed by atoms with Crippen LogP contribution in [-0.4, -0.2) is 22.0 Å². The Balaban J connectivity index is 1.43. The number of hydrogen-bond acceptors (Lipinski definition) is 5. The van der Waals surface area contributed by atoms with Crippen molar-refractivity contribution in [1.29, 1.82) is 0 Å². The van der Waals surface area contributed by atoms with Crippen LogP contribution < -0.4 is 5.32 Å². The fourth-order valence-corrected chi connectivity index (χ4v) is 5.81. The molecule has 2 aromatic carbocycles. The van der Waals surface area contributed by atoms with Crippen LogP contribution in [0.3, 0.4) is 0 Å². The van der Waals surface area contributed by atoms with Crippen molar-refractivity contribution in [3.63, 3.8) is 0 Å². The summed E-state index contributed by atoms with van der Waals surface area (Å²) in [5.41, 5.74) is 2.52. The van der Waals surface area contributed by atoms with Crippen molar-refractivity contribution in [2.24, 2.45) is 11.8 Å². The quantitative estimate of drug-likeness (QED) is 0.487. The molecule has 3 aromatic rings. The topological polar surface area (TPSA) is 79.3 Å². The lowest BCUT2D eigenvalue weighted by Gasteiger charge is -2.27. The minimum atomic E-state index is -0.893. The number of fused-ring (bicyclic) bond motifs is 1. The fraction of sp³-hybridized carbons (Fsp3) is 0.318. The summed E-state index contributed by atoms with van der Waals surface area (Å²) < 4.78 is 14.9. The highest BCUT2D eigenvalue weighted by Crippen LogP contribution is 2.34. The molecule has 1 amide bonds. The van der Waals surface area contributed by atoms with Crippen molar-refractivity contribution >= 4 is 50.9 Å². The SMILES string of the molecule is O=C(O)[C@H]1CCCC[C@H]1C(=O)Nc1ccc2nc(SCc3ccc(F)cc3)sc2c1. The zero-order chi connectivity index (χ0) is 21.1. The summed E-state index contributed by atoms with van der Waals surface area (Å²) in [6, 6.07) is 12.0. The first kappa shape index (κ1) is 20.8. The molecule has 2 atom stereocenters. The van der Waals surface area contributed by atoms with Crippen LogP contribution in [0.15, 0.2) is 46.8 Å². The standard InChI is InChI=1S/C22H21FN2O3S2/c23-14-7-5-13(6-8-14)12-29-22-25-18-10-9-15(11-19(18)30-22)24-20(26)16-3-1-2-4-17(16)21(27)28/h5-11,16-17H,1-4,12H2,(H,24,26)(H,27,28)/t16-,17+/m1/s1. The average Bonchev–Trinajstić information content (AvgIpc) is 3.15. The van der Waals surface area contributed by atoms with Crippen molar-refractivity contribution in [2.75, 3.05) is 5.32 Å². The summed E-state index contributed by atoms with van der Waals surface area (Å²) in [6.07, 6.45) is 2.89. The van der Waals surface area contributed by atoms with Crippen molar-refractivity contribution < 1.29 is 19.1 Å². The molecule has 0 bridgehead atoms. The number of anilines is 1. The highest BCUT2D eigenvalue weighted by Gasteiger charge is 2.35. The number of nitrogens with zero attached hydrogens (tertiary/aromatic N) is 1. The fourth-order valence-electron chi connectivity index (χ4n) is 3.74. The predicted molar refractivity (Wildman–Crippen MR) is 117 cm³/mol. The molecule has 1 aromatic heterocycles. The van der Waals surface area contributed by atoms with Gasteiger partial charge in [-0.1, -0.05) is 36.7 Å². The lowest BCUT2D eigenvalue weighted by Crippen LogP contribution is -2.36. The number of nitrogens with one attached hydrogen (secondary N) is 1. The van der Waals surface area contributed by atoms with Crippen LogP contribution in [0.1, 0.15) is 31.2 Å². The number of thioether (sulfide) groups is 1. The van der Waals surface area contributed by atoms with E-state index in [9.17, 15) is 19.1 Å². The van der Waals surface area contributed by atoms with Gasteiger partial charge in [-0.2, -0.15) is 0 Å². The van der Waals surface area contributed by atoms with Gasteiger partial charge in [0.05, 0.1) is 22.1 Å². The number of carbonyl (C=O) groups excluding carboxylic acids is 1. The first-order chi connectivity index (χ1) is 14.5. The Morgan fingerprint density at radius 3 is 2.60 bits per heavy atom. The molecule has 2 N–H and O–H groups in total. The van der Waals surface area contributed by atoms with Crippen LogP contribution in [0.2, 0.25) is 0 Å². The number of carboxylic acids is 1. The summed E-state index contributed by atoms with van der Waals surface area (Å²) in [5.74, 6) is -1.77. The van der Waals surface area contributed by atoms with Crippen LogP contribution >= 0.6 is 23.1 Å². The van der Waals surface area contributed by atoms with Crippen molar-refractivity contribution in [1.82, 2.24) is 4.98 Å². The van der Waals surface area contributed by atoms with Crippen molar-refractivity contribution in [3.05, 3.63) is 53.8 Å². The number of benzene rings is 2. The molecule has 0 spiro atoms. The first-order valence-electron chi connectivity index (χ1n) is 9.81. The van der Waals surface area contributed by atoms with E-state index in [4.69, 9.17) is 0 Å². The molecule has 0 unspecified atom stereocenters. The van der Waals surface area contributed by atoms with Crippen LogP contribution in [0.4, 0.5) is 10.1 Å². The Bertz CT molecular complexity index is 1070. The van der Waals surface area contributed by atoms with E-state index >= 15 is 0 Å². The van der Waals surface area contributed by atoms with Crippen LogP contribution in [0.25, 0.3) is 10.2 Å². The molecule has 8 heteroatoms. The molecule has 1 fully saturated rings. The van der Waals surface area contributed by atoms with Gasteiger partial charge in [0, 0.05) is 11.4 Å². The maximum Gasteiger partial charge on any atom is 0.307 e. The van der Waals surface area contributed by atoms with Gasteiger partial charge in [-0.15, -0.1) is 11.3 Å². The normalized spacial score (nSPS) is 19.0. The molecule has 0 radical (unpaired) electrons. The van der Waals surface area contributed by atoms with Crippen LogP contribution in [0.5, 0.6) is 0 Å². The van der Waals surface area contributed by atoms with E-state index < -0.39 is 17.8 Å². The zero-order valence-electron chi connectivity index (χ0n) is 16.1. The summed E-state index contributed by atoms with van der Waals surface area (Å²) in [6.45, 7) is 0. The van der Waals surface area contributed by atoms with Gasteiger partial charge in [0.25, 0.3) is 0 Å². The van der Waals surface area contributed by atoms with E-state index in [0.29, 0.717) is 24.3 Å². The Morgan fingerprint density at radius 1 is 1.13 bits per heavy atom. The highest BCUT2D eigenvalue weighted by molar-refractivity contribution is 8.00. The average molecular weight is 445 g/mol. The molecule has 1 aliphatic rings. The number of halogens is 1. The number of amides is 1. The minimum absolute atomic E-state index is 0.225. The molecule has 0 aliphatic heterocycles. The predicted octanol–water partition coefficient (Wildman–Crippen LogP) is 5.56. The molecule has 156 valence electrons. The van der Waals surface area contributed by atoms with Gasteiger partial charge in [0.2, 0.25) is 5.91 Å². The van der Waals surface area contributed by atoms with E-state index in [-0.39, 0.29) is 11.7 Å². The van der Waals surface area contributed by atoms with E-state index in [0.717, 1.165) is 33.0 Å². The number of carboxylic acid groups (broad SMARTS) is 1. The maximum absolute atomic E-state index is 13.0. The van der Waals surface area contributed by atoms with Gasteiger partial charge < -0.3 is 10.4 Å². The van der Waals surface area contributed by atoms with Gasteiger partial charge in [0.15, 0.2) is 4.34 Å². The summed E-state index contributed by atoms with van der Waals surface area (Å²) in [5, 5.41) is 12.3. The molecule has 5 nitrogen and oxygen atoms in total. The lowest BCUT2D eigenvalue weighted by atomic mass is 9.78. The number of rotatable bonds is 6. The van der Waals surface area contributed by atoms with Crippen LogP contribution in [-0.2, 0) is 15.3 Å². The molecule has 4 rings (SSSR count). The van der Waals surface area contributed by atoms with Gasteiger partial charge in [-0.05, 0) is 48.7 Å². The van der Waals surface area contributed by atoms with Crippen molar-refractivity contribution in [2.45, 2.75) is 35.8 Å². The third kappa shape index (κ3) is 4.82. The van der Waals surface area contributed by atoms with Crippen molar-refractivity contribution in [3.8, 4) is 0 Å². The Labute approximate surface area is 181 Å². The lowest BCUT2D eigenvalue weighted by molar-refractivity contribution is -0.147. The first-order valence-corrected chi connectivity index (χ1v) is 11.6. The second kappa shape index (κ2) is 9.14. The Kier molecular flexibility index (Phi) is 6.34. The third-order valence-electron chi connectivity index (χ3n) is 5.33. The second-order valence-electron chi connectivity index (χ2n) is 7.40. The maximum atomic E-state index is 13.0. The highest BCUT2D eigenvalue weighted by atomic mass is 32.2. The third-order valence-corrected chi connectivity index (χ3v) is 7.56. The number of aromatic nitrogens is 1. The molecule has 1 saturated carbocycles. The van der Waals surface area contributed by atoms with E-state index in [2.05, 4.69) is 10.3 Å². The molecular weight excluding hydrogens is 423 g/mol. The molecule has 0 saturated heterocycles. The summed E-state index contributed by atoms with van der Waals surface area (Å²) in [4.78, 5) is 28.8. The molecular formula is C22H21FN2O3S2. The summed E-state index contributed by atoms with van der Waals surface area (Å²) in [7, 11) is 0. The number of hydrogen-bond donors (Lipinski definition) is 2. The van der Waals surface area contributed by atoms with Gasteiger partial charge in [-0.3, -0.25) is 9.59 Å². The monoisotopic (exact) mass is 444 g/mol. The van der Waals surface area contributed by atoms with Gasteiger partial charge >= 0.3 is 5.97 Å². The second-order valence-corrected chi connectivity index (χ2v) is 9.66. The number of aliphatic carboxylic acids is 1. The summed E-state index contributed by atoms with van der Waals surface area (Å²) >= 11 is 3.12. The largest absolute Gasteiger partial charge is 0.481 e. The van der Waals surface area contributed by atoms with E-state index in [1.54, 1.807) is 30.0 Å². The Morgan fingerprint density at radius 2 is 1.87 bits per heavy atom. The van der Waals surface area contributed by atoms with Gasteiger partial charge in [-0.25, -0.2) is 9.37 Å². The number of carbonyl (C=O) groups is 2. The van der Waals surface area contributed by atoms with Crippen LogP contribution in [0, 0.1) is 17.7 Å². The molecule has 1 heterocycles. The number of thiazole rings is 1. The van der Waals surface area contributed by atoms with E-state index in [1.807, 2.05) is 12.1 Å². The van der Waals surface area contributed by atoms with E-state index in [1.165, 1.54) is 23.5 Å². The minimum Gasteiger partial charge on any atom is -0.481 e. The Hall–Kier alpha value is -2.45. The smallest absolute Gasteiger partial charge is 0.307 e. The molecule has 1 aliphatic carbocycles. The molecule has 30 heavy (non-hydrogen) atoms.